The molecule has 6 nitrogen and oxygen atoms in total. The van der Waals surface area contributed by atoms with E-state index in [1.807, 2.05) is 36.4 Å². The largest absolute Gasteiger partial charge is 0.493 e. The number of ether oxygens (including phenoxy) is 2. The van der Waals surface area contributed by atoms with E-state index in [1.165, 1.54) is 37.5 Å². The highest BCUT2D eigenvalue weighted by Gasteiger charge is 2.14. The lowest BCUT2D eigenvalue weighted by Crippen LogP contribution is -2.23. The highest BCUT2D eigenvalue weighted by Crippen LogP contribution is 2.29. The average Bonchev–Trinajstić information content (AvgIpc) is 2.82. The maximum absolute atomic E-state index is 13.0. The Balaban J connectivity index is 1.73. The van der Waals surface area contributed by atoms with Crippen LogP contribution in [-0.4, -0.2) is 19.0 Å². The number of esters is 1. The first-order chi connectivity index (χ1) is 15.5. The summed E-state index contributed by atoms with van der Waals surface area (Å²) >= 11 is 0. The molecule has 0 aliphatic heterocycles. The highest BCUT2D eigenvalue weighted by atomic mass is 19.1. The van der Waals surface area contributed by atoms with E-state index in [2.05, 4.69) is 5.32 Å². The molecule has 0 fully saturated rings. The van der Waals surface area contributed by atoms with Gasteiger partial charge < -0.3 is 14.8 Å². The summed E-state index contributed by atoms with van der Waals surface area (Å²) in [4.78, 5) is 24.6. The van der Waals surface area contributed by atoms with Crippen LogP contribution >= 0.6 is 0 Å². The minimum atomic E-state index is -0.676. The zero-order valence-electron chi connectivity index (χ0n) is 17.2. The number of nitrogens with one attached hydrogen (secondary N) is 1. The van der Waals surface area contributed by atoms with E-state index in [1.54, 1.807) is 6.07 Å². The lowest BCUT2D eigenvalue weighted by molar-refractivity contribution is -0.117. The van der Waals surface area contributed by atoms with Crippen molar-refractivity contribution < 1.29 is 23.5 Å². The van der Waals surface area contributed by atoms with Gasteiger partial charge >= 0.3 is 5.97 Å². The Bertz CT molecular complexity index is 1180. The lowest BCUT2D eigenvalue weighted by Gasteiger charge is -2.10. The molecule has 0 aliphatic carbocycles. The van der Waals surface area contributed by atoms with Gasteiger partial charge in [0, 0.05) is 6.54 Å². The van der Waals surface area contributed by atoms with Crippen LogP contribution in [0.2, 0.25) is 0 Å². The number of nitriles is 1. The number of rotatable bonds is 7. The Labute approximate surface area is 184 Å². The van der Waals surface area contributed by atoms with Crippen molar-refractivity contribution in [1.82, 2.24) is 5.32 Å². The molecule has 160 valence electrons. The van der Waals surface area contributed by atoms with Crippen molar-refractivity contribution in [2.24, 2.45) is 0 Å². The molecule has 0 atom stereocenters. The summed E-state index contributed by atoms with van der Waals surface area (Å²) in [7, 11) is 1.40. The summed E-state index contributed by atoms with van der Waals surface area (Å²) in [5.41, 5.74) is 1.51. The van der Waals surface area contributed by atoms with Gasteiger partial charge in [0.15, 0.2) is 11.5 Å². The molecule has 0 aromatic heterocycles. The number of hydrogen-bond acceptors (Lipinski definition) is 5. The molecule has 1 N–H and O–H groups in total. The SMILES string of the molecule is COc1cc(/C=C(\C#N)C(=O)NCc2ccccc2)ccc1OC(=O)c1ccc(F)cc1. The van der Waals surface area contributed by atoms with Crippen LogP contribution in [0.25, 0.3) is 6.08 Å². The van der Waals surface area contributed by atoms with E-state index >= 15 is 0 Å². The van der Waals surface area contributed by atoms with Crippen molar-refractivity contribution in [3.63, 3.8) is 0 Å². The second kappa shape index (κ2) is 10.5. The number of halogens is 1. The van der Waals surface area contributed by atoms with Crippen molar-refractivity contribution in [2.45, 2.75) is 6.54 Å². The summed E-state index contributed by atoms with van der Waals surface area (Å²) in [5.74, 6) is -1.27. The number of benzene rings is 3. The summed E-state index contributed by atoms with van der Waals surface area (Å²) < 4.78 is 23.6. The molecule has 0 saturated heterocycles. The number of amides is 1. The smallest absolute Gasteiger partial charge is 0.343 e. The van der Waals surface area contributed by atoms with E-state index in [9.17, 15) is 19.2 Å². The third-order valence-corrected chi connectivity index (χ3v) is 4.44. The number of nitrogens with zero attached hydrogens (tertiary/aromatic N) is 1. The normalized spacial score (nSPS) is 10.7. The lowest BCUT2D eigenvalue weighted by atomic mass is 10.1. The summed E-state index contributed by atoms with van der Waals surface area (Å²) in [5, 5.41) is 12.1. The van der Waals surface area contributed by atoms with Crippen molar-refractivity contribution in [3.05, 3.63) is 101 Å². The molecule has 3 aromatic rings. The molecule has 3 aromatic carbocycles. The van der Waals surface area contributed by atoms with Gasteiger partial charge in [0.05, 0.1) is 12.7 Å². The fourth-order valence-electron chi connectivity index (χ4n) is 2.79. The quantitative estimate of drug-likeness (QED) is 0.262. The minimum Gasteiger partial charge on any atom is -0.493 e. The minimum absolute atomic E-state index is 0.0842. The average molecular weight is 430 g/mol. The Morgan fingerprint density at radius 2 is 1.75 bits per heavy atom. The van der Waals surface area contributed by atoms with Crippen LogP contribution in [0.1, 0.15) is 21.5 Å². The van der Waals surface area contributed by atoms with Crippen molar-refractivity contribution in [3.8, 4) is 17.6 Å². The third kappa shape index (κ3) is 5.80. The highest BCUT2D eigenvalue weighted by molar-refractivity contribution is 6.01. The standard InChI is InChI=1S/C25H19FN2O4/c1-31-23-14-18(7-12-22(23)32-25(30)19-8-10-21(26)11-9-19)13-20(15-27)24(29)28-16-17-5-3-2-4-6-17/h2-14H,16H2,1H3,(H,28,29)/b20-13+. The molecule has 32 heavy (non-hydrogen) atoms. The zero-order chi connectivity index (χ0) is 22.9. The first kappa shape index (κ1) is 22.2. The molecule has 7 heteroatoms. The number of methoxy groups -OCH3 is 1. The van der Waals surface area contributed by atoms with Crippen LogP contribution < -0.4 is 14.8 Å². The molecule has 0 spiro atoms. The van der Waals surface area contributed by atoms with Gasteiger partial charge in [0.25, 0.3) is 5.91 Å². The van der Waals surface area contributed by atoms with E-state index in [0.29, 0.717) is 12.1 Å². The molecule has 1 amide bonds. The molecule has 0 radical (unpaired) electrons. The predicted molar refractivity (Wildman–Crippen MR) is 116 cm³/mol. The van der Waals surface area contributed by atoms with Gasteiger partial charge in [-0.05, 0) is 53.6 Å². The van der Waals surface area contributed by atoms with Crippen LogP contribution in [0.3, 0.4) is 0 Å². The summed E-state index contributed by atoms with van der Waals surface area (Å²) in [6.45, 7) is 0.292. The van der Waals surface area contributed by atoms with E-state index in [4.69, 9.17) is 9.47 Å². The third-order valence-electron chi connectivity index (χ3n) is 4.44. The topological polar surface area (TPSA) is 88.4 Å². The van der Waals surface area contributed by atoms with E-state index in [-0.39, 0.29) is 22.6 Å². The molecule has 3 rings (SSSR count). The molecule has 0 saturated carbocycles. The first-order valence-electron chi connectivity index (χ1n) is 9.60. The fourth-order valence-corrected chi connectivity index (χ4v) is 2.79. The van der Waals surface area contributed by atoms with Crippen LogP contribution in [0.4, 0.5) is 4.39 Å². The number of carbonyl (C=O) groups excluding carboxylic acids is 2. The Morgan fingerprint density at radius 3 is 2.41 bits per heavy atom. The fraction of sp³-hybridized carbons (Fsp3) is 0.0800. The van der Waals surface area contributed by atoms with Crippen LogP contribution in [-0.2, 0) is 11.3 Å². The number of hydrogen-bond donors (Lipinski definition) is 1. The molecular formula is C25H19FN2O4. The maximum Gasteiger partial charge on any atom is 0.343 e. The van der Waals surface area contributed by atoms with Crippen LogP contribution in [0.15, 0.2) is 78.4 Å². The van der Waals surface area contributed by atoms with Gasteiger partial charge in [-0.15, -0.1) is 0 Å². The van der Waals surface area contributed by atoms with E-state index in [0.717, 1.165) is 17.7 Å². The zero-order valence-corrected chi connectivity index (χ0v) is 17.2. The van der Waals surface area contributed by atoms with Crippen LogP contribution in [0, 0.1) is 17.1 Å². The van der Waals surface area contributed by atoms with Crippen molar-refractivity contribution >= 4 is 18.0 Å². The number of carbonyl (C=O) groups is 2. The predicted octanol–water partition coefficient (Wildman–Crippen LogP) is 4.28. The Morgan fingerprint density at radius 1 is 1.03 bits per heavy atom. The van der Waals surface area contributed by atoms with Crippen LogP contribution in [0.5, 0.6) is 11.5 Å². The van der Waals surface area contributed by atoms with Gasteiger partial charge in [-0.2, -0.15) is 5.26 Å². The molecule has 0 unspecified atom stereocenters. The second-order valence-electron chi connectivity index (χ2n) is 6.64. The van der Waals surface area contributed by atoms with Gasteiger partial charge in [-0.3, -0.25) is 4.79 Å². The van der Waals surface area contributed by atoms with Crippen molar-refractivity contribution in [2.75, 3.05) is 7.11 Å². The Kier molecular flexibility index (Phi) is 7.33. The monoisotopic (exact) mass is 430 g/mol. The molecule has 0 aliphatic rings. The maximum atomic E-state index is 13.0. The van der Waals surface area contributed by atoms with Gasteiger partial charge in [-0.25, -0.2) is 9.18 Å². The first-order valence-corrected chi connectivity index (χ1v) is 9.60. The van der Waals surface area contributed by atoms with Gasteiger partial charge in [0.1, 0.15) is 17.5 Å². The molecular weight excluding hydrogens is 411 g/mol. The van der Waals surface area contributed by atoms with Crippen molar-refractivity contribution in [1.29, 1.82) is 5.26 Å². The second-order valence-corrected chi connectivity index (χ2v) is 6.64. The van der Waals surface area contributed by atoms with Gasteiger partial charge in [0.2, 0.25) is 0 Å². The van der Waals surface area contributed by atoms with Gasteiger partial charge in [-0.1, -0.05) is 36.4 Å². The Hall–Kier alpha value is -4.44. The summed E-state index contributed by atoms with van der Waals surface area (Å²) in [6, 6.07) is 20.8. The summed E-state index contributed by atoms with van der Waals surface area (Å²) in [6.07, 6.45) is 1.41. The molecule has 0 bridgehead atoms. The van der Waals surface area contributed by atoms with E-state index < -0.39 is 17.7 Å². The molecule has 0 heterocycles.